The standard InChI is InChI=1S/C39H51N3O5/c1-7-9-11-12-13-17-34(44)47-32-24-26(3)23-27(4)36(32)39(5,6)25-33(43)41-21-20-40-31-19-18-30-35-28(31)15-14-16-29(35)37(45)42(38(30)46)22-10-8-2/h14-16,18-19,23-24,40H,7-13,17,20-22,25H2,1-6H3,(H,41,43). The Hall–Kier alpha value is -4.20. The Morgan fingerprint density at radius 1 is 0.851 bits per heavy atom. The average molecular weight is 642 g/mol. The highest BCUT2D eigenvalue weighted by molar-refractivity contribution is 6.26. The van der Waals surface area contributed by atoms with Crippen molar-refractivity contribution in [3.63, 3.8) is 0 Å². The molecular formula is C39H51N3O5. The molecule has 0 unspecified atom stereocenters. The van der Waals surface area contributed by atoms with E-state index >= 15 is 0 Å². The zero-order valence-electron chi connectivity index (χ0n) is 29.0. The highest BCUT2D eigenvalue weighted by Crippen LogP contribution is 2.38. The number of anilines is 1. The molecule has 3 amide bonds. The summed E-state index contributed by atoms with van der Waals surface area (Å²) >= 11 is 0. The van der Waals surface area contributed by atoms with Gasteiger partial charge in [-0.3, -0.25) is 24.1 Å². The highest BCUT2D eigenvalue weighted by atomic mass is 16.5. The molecule has 252 valence electrons. The zero-order chi connectivity index (χ0) is 34.1. The van der Waals surface area contributed by atoms with Gasteiger partial charge in [0.25, 0.3) is 11.8 Å². The number of benzene rings is 3. The number of rotatable bonds is 17. The number of imide groups is 1. The summed E-state index contributed by atoms with van der Waals surface area (Å²) in [5.41, 5.74) is 4.16. The van der Waals surface area contributed by atoms with Crippen LogP contribution in [0, 0.1) is 13.8 Å². The van der Waals surface area contributed by atoms with Crippen molar-refractivity contribution >= 4 is 40.2 Å². The maximum Gasteiger partial charge on any atom is 0.311 e. The van der Waals surface area contributed by atoms with E-state index in [1.54, 1.807) is 12.1 Å². The number of ether oxygens (including phenoxy) is 1. The second kappa shape index (κ2) is 16.1. The molecule has 1 heterocycles. The molecule has 2 N–H and O–H groups in total. The van der Waals surface area contributed by atoms with Crippen molar-refractivity contribution in [2.24, 2.45) is 0 Å². The van der Waals surface area contributed by atoms with Crippen molar-refractivity contribution in [3.8, 4) is 5.75 Å². The minimum atomic E-state index is -0.577. The number of nitrogens with one attached hydrogen (secondary N) is 2. The average Bonchev–Trinajstić information content (AvgIpc) is 3.01. The third-order valence-corrected chi connectivity index (χ3v) is 8.92. The molecule has 1 aliphatic heterocycles. The van der Waals surface area contributed by atoms with Crippen molar-refractivity contribution in [1.82, 2.24) is 10.2 Å². The van der Waals surface area contributed by atoms with E-state index in [2.05, 4.69) is 23.6 Å². The molecule has 8 heteroatoms. The van der Waals surface area contributed by atoms with Gasteiger partial charge in [-0.05, 0) is 62.1 Å². The number of carbonyl (C=O) groups excluding carboxylic acids is 4. The Morgan fingerprint density at radius 2 is 1.55 bits per heavy atom. The van der Waals surface area contributed by atoms with E-state index in [0.29, 0.717) is 48.3 Å². The minimum absolute atomic E-state index is 0.106. The van der Waals surface area contributed by atoms with Crippen molar-refractivity contribution in [1.29, 1.82) is 0 Å². The quantitative estimate of drug-likeness (QED) is 0.0670. The molecule has 4 rings (SSSR count). The molecule has 0 spiro atoms. The van der Waals surface area contributed by atoms with E-state index in [1.165, 1.54) is 11.3 Å². The van der Waals surface area contributed by atoms with E-state index in [9.17, 15) is 19.2 Å². The van der Waals surface area contributed by atoms with E-state index in [1.807, 2.05) is 58.9 Å². The van der Waals surface area contributed by atoms with Crippen LogP contribution in [0.2, 0.25) is 0 Å². The summed E-state index contributed by atoms with van der Waals surface area (Å²) in [5.74, 6) is -0.310. The maximum absolute atomic E-state index is 13.2. The Labute approximate surface area is 279 Å². The fourth-order valence-corrected chi connectivity index (χ4v) is 6.69. The lowest BCUT2D eigenvalue weighted by molar-refractivity contribution is -0.134. The Bertz CT molecular complexity index is 1600. The number of nitrogens with zero attached hydrogens (tertiary/aromatic N) is 1. The van der Waals surface area contributed by atoms with Gasteiger partial charge in [0.2, 0.25) is 5.91 Å². The lowest BCUT2D eigenvalue weighted by Crippen LogP contribution is -2.40. The smallest absolute Gasteiger partial charge is 0.311 e. The summed E-state index contributed by atoms with van der Waals surface area (Å²) in [5, 5.41) is 7.89. The predicted octanol–water partition coefficient (Wildman–Crippen LogP) is 8.01. The van der Waals surface area contributed by atoms with Gasteiger partial charge < -0.3 is 15.4 Å². The fraction of sp³-hybridized carbons (Fsp3) is 0.487. The molecule has 47 heavy (non-hydrogen) atoms. The SMILES string of the molecule is CCCCCCCC(=O)Oc1cc(C)cc(C)c1C(C)(C)CC(=O)NCCNc1ccc2c3c(cccc13)C(=O)N(CCCC)C2=O. The van der Waals surface area contributed by atoms with Crippen LogP contribution in [0.15, 0.2) is 42.5 Å². The summed E-state index contributed by atoms with van der Waals surface area (Å²) in [6.45, 7) is 13.4. The van der Waals surface area contributed by atoms with Gasteiger partial charge in [-0.15, -0.1) is 0 Å². The lowest BCUT2D eigenvalue weighted by atomic mass is 9.78. The normalized spacial score (nSPS) is 12.9. The van der Waals surface area contributed by atoms with Crippen LogP contribution in [-0.4, -0.2) is 48.2 Å². The van der Waals surface area contributed by atoms with Crippen LogP contribution in [0.4, 0.5) is 5.69 Å². The first kappa shape index (κ1) is 35.7. The van der Waals surface area contributed by atoms with E-state index in [4.69, 9.17) is 4.74 Å². The van der Waals surface area contributed by atoms with Gasteiger partial charge in [0, 0.05) is 71.0 Å². The number of hydrogen-bond donors (Lipinski definition) is 2. The number of esters is 1. The molecule has 3 aromatic rings. The molecule has 0 bridgehead atoms. The summed E-state index contributed by atoms with van der Waals surface area (Å²) < 4.78 is 5.90. The van der Waals surface area contributed by atoms with Gasteiger partial charge in [0.1, 0.15) is 5.75 Å². The number of carbonyl (C=O) groups is 4. The maximum atomic E-state index is 13.2. The number of unbranched alkanes of at least 4 members (excludes halogenated alkanes) is 5. The van der Waals surface area contributed by atoms with Gasteiger partial charge in [-0.2, -0.15) is 0 Å². The largest absolute Gasteiger partial charge is 0.426 e. The van der Waals surface area contributed by atoms with E-state index in [-0.39, 0.29) is 30.1 Å². The summed E-state index contributed by atoms with van der Waals surface area (Å²) in [4.78, 5) is 53.6. The van der Waals surface area contributed by atoms with Crippen LogP contribution >= 0.6 is 0 Å². The topological polar surface area (TPSA) is 105 Å². The molecular weight excluding hydrogens is 590 g/mol. The molecule has 0 saturated carbocycles. The van der Waals surface area contributed by atoms with Gasteiger partial charge in [-0.25, -0.2) is 0 Å². The molecule has 0 saturated heterocycles. The van der Waals surface area contributed by atoms with Crippen LogP contribution in [0.1, 0.15) is 123 Å². The lowest BCUT2D eigenvalue weighted by Gasteiger charge is -2.29. The second-order valence-electron chi connectivity index (χ2n) is 13.4. The first-order valence-electron chi connectivity index (χ1n) is 17.2. The van der Waals surface area contributed by atoms with Gasteiger partial charge in [0.05, 0.1) is 0 Å². The van der Waals surface area contributed by atoms with Crippen molar-refractivity contribution in [2.75, 3.05) is 25.0 Å². The van der Waals surface area contributed by atoms with Crippen LogP contribution in [0.25, 0.3) is 10.8 Å². The minimum Gasteiger partial charge on any atom is -0.426 e. The molecule has 0 radical (unpaired) electrons. The first-order chi connectivity index (χ1) is 22.5. The number of aryl methyl sites for hydroxylation is 2. The van der Waals surface area contributed by atoms with Crippen LogP contribution in [-0.2, 0) is 15.0 Å². The monoisotopic (exact) mass is 641 g/mol. The van der Waals surface area contributed by atoms with Crippen molar-refractivity contribution < 1.29 is 23.9 Å². The summed E-state index contributed by atoms with van der Waals surface area (Å²) in [6.07, 6.45) is 7.56. The summed E-state index contributed by atoms with van der Waals surface area (Å²) in [6, 6.07) is 13.1. The second-order valence-corrected chi connectivity index (χ2v) is 13.4. The molecule has 1 aliphatic rings. The Kier molecular flexibility index (Phi) is 12.2. The Balaban J connectivity index is 1.37. The van der Waals surface area contributed by atoms with Gasteiger partial charge >= 0.3 is 5.97 Å². The molecule has 8 nitrogen and oxygen atoms in total. The number of amides is 3. The molecule has 0 aromatic heterocycles. The third kappa shape index (κ3) is 8.59. The van der Waals surface area contributed by atoms with Crippen molar-refractivity contribution in [3.05, 3.63) is 70.3 Å². The van der Waals surface area contributed by atoms with Crippen LogP contribution in [0.5, 0.6) is 5.75 Å². The molecule has 3 aromatic carbocycles. The third-order valence-electron chi connectivity index (χ3n) is 8.92. The zero-order valence-corrected chi connectivity index (χ0v) is 29.0. The first-order valence-corrected chi connectivity index (χ1v) is 17.2. The Morgan fingerprint density at radius 3 is 2.28 bits per heavy atom. The van der Waals surface area contributed by atoms with E-state index in [0.717, 1.165) is 66.3 Å². The van der Waals surface area contributed by atoms with Gasteiger partial charge in [-0.1, -0.05) is 78.0 Å². The molecule has 0 fully saturated rings. The van der Waals surface area contributed by atoms with Crippen molar-refractivity contribution in [2.45, 2.75) is 105 Å². The van der Waals surface area contributed by atoms with Gasteiger partial charge in [0.15, 0.2) is 0 Å². The van der Waals surface area contributed by atoms with Crippen LogP contribution in [0.3, 0.4) is 0 Å². The molecule has 0 aliphatic carbocycles. The summed E-state index contributed by atoms with van der Waals surface area (Å²) in [7, 11) is 0. The fourth-order valence-electron chi connectivity index (χ4n) is 6.69. The number of hydrogen-bond acceptors (Lipinski definition) is 6. The van der Waals surface area contributed by atoms with Crippen LogP contribution < -0.4 is 15.4 Å². The molecule has 0 atom stereocenters. The van der Waals surface area contributed by atoms with E-state index < -0.39 is 5.41 Å². The predicted molar refractivity (Wildman–Crippen MR) is 188 cm³/mol. The highest BCUT2D eigenvalue weighted by Gasteiger charge is 2.33.